The average molecular weight is 411 g/mol. The van der Waals surface area contributed by atoms with E-state index in [0.29, 0.717) is 36.0 Å². The van der Waals surface area contributed by atoms with Crippen molar-refractivity contribution in [3.63, 3.8) is 0 Å². The van der Waals surface area contributed by atoms with Crippen molar-refractivity contribution in [3.8, 4) is 11.5 Å². The van der Waals surface area contributed by atoms with Crippen LogP contribution in [0.4, 0.5) is 5.69 Å². The van der Waals surface area contributed by atoms with E-state index in [4.69, 9.17) is 9.47 Å². The Balaban J connectivity index is 1.83. The average Bonchev–Trinajstić information content (AvgIpc) is 3.18. The molecule has 0 saturated carbocycles. The van der Waals surface area contributed by atoms with Gasteiger partial charge in [-0.3, -0.25) is 20.2 Å². The largest absolute Gasteiger partial charge is 0.490 e. The number of nitro groups is 1. The van der Waals surface area contributed by atoms with Crippen molar-refractivity contribution in [1.82, 2.24) is 5.32 Å². The van der Waals surface area contributed by atoms with Crippen LogP contribution in [-0.4, -0.2) is 36.1 Å². The maximum absolute atomic E-state index is 13.1. The Hall–Kier alpha value is -3.13. The van der Waals surface area contributed by atoms with Crippen molar-refractivity contribution in [2.45, 2.75) is 44.3 Å². The molecular weight excluding hydrogens is 386 g/mol. The number of nitrogens with zero attached hydrogens (tertiary/aromatic N) is 1. The van der Waals surface area contributed by atoms with Gasteiger partial charge in [-0.25, -0.2) is 0 Å². The first-order valence-corrected chi connectivity index (χ1v) is 10.2. The van der Waals surface area contributed by atoms with Crippen molar-refractivity contribution in [2.24, 2.45) is 0 Å². The molecular formula is C22H25N3O5. The second-order valence-electron chi connectivity index (χ2n) is 7.57. The van der Waals surface area contributed by atoms with E-state index in [2.05, 4.69) is 10.6 Å². The zero-order chi connectivity index (χ0) is 21.5. The summed E-state index contributed by atoms with van der Waals surface area (Å²) in [5, 5.41) is 18.5. The summed E-state index contributed by atoms with van der Waals surface area (Å²) >= 11 is 0. The minimum Gasteiger partial charge on any atom is -0.490 e. The van der Waals surface area contributed by atoms with E-state index in [1.165, 1.54) is 0 Å². The van der Waals surface area contributed by atoms with Gasteiger partial charge >= 0.3 is 0 Å². The molecule has 0 unspecified atom stereocenters. The van der Waals surface area contributed by atoms with Gasteiger partial charge in [0.2, 0.25) is 0 Å². The van der Waals surface area contributed by atoms with Crippen molar-refractivity contribution < 1.29 is 19.2 Å². The molecule has 2 aromatic carbocycles. The number of ether oxygens (including phenoxy) is 2. The van der Waals surface area contributed by atoms with Gasteiger partial charge < -0.3 is 14.8 Å². The first kappa shape index (κ1) is 20.2. The highest BCUT2D eigenvalue weighted by Gasteiger charge is 2.67. The van der Waals surface area contributed by atoms with E-state index in [1.54, 1.807) is 36.4 Å². The number of carbonyl (C=O) groups is 1. The number of hydrogen-bond acceptors (Lipinski definition) is 6. The molecule has 1 amide bonds. The van der Waals surface area contributed by atoms with Crippen LogP contribution in [0.2, 0.25) is 0 Å². The van der Waals surface area contributed by atoms with Crippen LogP contribution in [-0.2, 0) is 10.3 Å². The molecule has 8 heteroatoms. The lowest BCUT2D eigenvalue weighted by molar-refractivity contribution is -0.532. The predicted molar refractivity (Wildman–Crippen MR) is 112 cm³/mol. The van der Waals surface area contributed by atoms with Crippen LogP contribution < -0.4 is 20.1 Å². The Morgan fingerprint density at radius 3 is 2.50 bits per heavy atom. The summed E-state index contributed by atoms with van der Waals surface area (Å²) in [6.07, 6.45) is 0. The number of anilines is 1. The van der Waals surface area contributed by atoms with Gasteiger partial charge in [-0.15, -0.1) is 0 Å². The summed E-state index contributed by atoms with van der Waals surface area (Å²) in [4.78, 5) is 25.1. The summed E-state index contributed by atoms with van der Waals surface area (Å²) in [7, 11) is 0. The molecule has 1 spiro atoms. The van der Waals surface area contributed by atoms with Gasteiger partial charge in [0.05, 0.1) is 19.1 Å². The van der Waals surface area contributed by atoms with Gasteiger partial charge in [0, 0.05) is 22.2 Å². The number of para-hydroxylation sites is 1. The Morgan fingerprint density at radius 2 is 1.80 bits per heavy atom. The topological polar surface area (TPSA) is 103 Å². The van der Waals surface area contributed by atoms with Crippen molar-refractivity contribution >= 4 is 11.6 Å². The van der Waals surface area contributed by atoms with Crippen LogP contribution in [0.5, 0.6) is 11.5 Å². The van der Waals surface area contributed by atoms with Crippen LogP contribution in [0.1, 0.15) is 37.8 Å². The molecule has 1 fully saturated rings. The fourth-order valence-corrected chi connectivity index (χ4v) is 4.83. The normalized spacial score (nSPS) is 27.0. The summed E-state index contributed by atoms with van der Waals surface area (Å²) in [6.45, 7) is 6.56. The van der Waals surface area contributed by atoms with Gasteiger partial charge in [-0.1, -0.05) is 24.3 Å². The highest BCUT2D eigenvalue weighted by atomic mass is 16.6. The molecule has 0 aliphatic carbocycles. The van der Waals surface area contributed by atoms with Crippen molar-refractivity contribution in [2.75, 3.05) is 18.5 Å². The minimum absolute atomic E-state index is 0.315. The number of rotatable bonds is 6. The summed E-state index contributed by atoms with van der Waals surface area (Å²) in [5.41, 5.74) is 0.533. The quantitative estimate of drug-likeness (QED) is 0.559. The van der Waals surface area contributed by atoms with Crippen LogP contribution >= 0.6 is 0 Å². The lowest BCUT2D eigenvalue weighted by atomic mass is 9.78. The van der Waals surface area contributed by atoms with E-state index < -0.39 is 23.4 Å². The van der Waals surface area contributed by atoms with Gasteiger partial charge in [-0.2, -0.15) is 0 Å². The summed E-state index contributed by atoms with van der Waals surface area (Å²) in [5.74, 6) is 0.212. The fourth-order valence-electron chi connectivity index (χ4n) is 4.83. The van der Waals surface area contributed by atoms with Crippen molar-refractivity contribution in [1.29, 1.82) is 0 Å². The number of amides is 1. The molecule has 2 aliphatic rings. The smallest absolute Gasteiger partial charge is 0.256 e. The minimum atomic E-state index is -1.42. The van der Waals surface area contributed by atoms with E-state index >= 15 is 0 Å². The van der Waals surface area contributed by atoms with E-state index in [9.17, 15) is 14.9 Å². The number of hydrogen-bond donors (Lipinski definition) is 2. The molecule has 2 heterocycles. The number of nitrogens with one attached hydrogen (secondary N) is 2. The molecule has 2 aromatic rings. The monoisotopic (exact) mass is 411 g/mol. The lowest BCUT2D eigenvalue weighted by Gasteiger charge is -2.25. The number of carbonyl (C=O) groups excluding carboxylic acids is 1. The maximum atomic E-state index is 13.1. The molecule has 0 radical (unpaired) electrons. The van der Waals surface area contributed by atoms with Crippen LogP contribution in [0.25, 0.3) is 0 Å². The van der Waals surface area contributed by atoms with E-state index in [1.807, 2.05) is 26.8 Å². The maximum Gasteiger partial charge on any atom is 0.256 e. The number of fused-ring (bicyclic) bond motifs is 2. The predicted octanol–water partition coefficient (Wildman–Crippen LogP) is 3.05. The molecule has 0 aromatic heterocycles. The molecule has 8 nitrogen and oxygen atoms in total. The third-order valence-electron chi connectivity index (χ3n) is 5.92. The molecule has 2 N–H and O–H groups in total. The zero-order valence-corrected chi connectivity index (χ0v) is 17.2. The highest BCUT2D eigenvalue weighted by molar-refractivity contribution is 6.07. The second-order valence-corrected chi connectivity index (χ2v) is 7.57. The van der Waals surface area contributed by atoms with Gasteiger partial charge in [0.1, 0.15) is 0 Å². The molecule has 2 aliphatic heterocycles. The molecule has 30 heavy (non-hydrogen) atoms. The molecule has 0 bridgehead atoms. The standard InChI is InChI=1S/C22H25N3O5/c1-4-29-17-11-10-14(12-18(17)30-5-2)19-13(3)24-22(20(19)25(27)28)15-8-6-7-9-16(15)23-21(22)26/h6-13,19-20,24H,4-5H2,1-3H3,(H,23,26)/t13-,19-,20+,22+/m0/s1. The molecule has 1 saturated heterocycles. The molecule has 4 atom stereocenters. The number of benzene rings is 2. The summed E-state index contributed by atoms with van der Waals surface area (Å²) in [6, 6.07) is 11.0. The van der Waals surface area contributed by atoms with Gasteiger partial charge in [-0.05, 0) is 44.5 Å². The first-order valence-electron chi connectivity index (χ1n) is 10.2. The Bertz CT molecular complexity index is 994. The van der Waals surface area contributed by atoms with E-state index in [0.717, 1.165) is 5.56 Å². The Labute approximate surface area is 174 Å². The third-order valence-corrected chi connectivity index (χ3v) is 5.92. The molecule has 4 rings (SSSR count). The summed E-state index contributed by atoms with van der Waals surface area (Å²) < 4.78 is 11.3. The van der Waals surface area contributed by atoms with Gasteiger partial charge in [0.15, 0.2) is 17.0 Å². The molecule has 158 valence electrons. The van der Waals surface area contributed by atoms with Crippen LogP contribution in [0, 0.1) is 10.1 Å². The first-order chi connectivity index (χ1) is 14.4. The Morgan fingerprint density at radius 1 is 1.10 bits per heavy atom. The van der Waals surface area contributed by atoms with Gasteiger partial charge in [0.25, 0.3) is 11.9 Å². The van der Waals surface area contributed by atoms with Crippen LogP contribution in [0.15, 0.2) is 42.5 Å². The van der Waals surface area contributed by atoms with Crippen LogP contribution in [0.3, 0.4) is 0 Å². The fraction of sp³-hybridized carbons (Fsp3) is 0.409. The SMILES string of the molecule is CCOc1ccc([C@@H]2[C@H](C)N[C@@]3(C(=O)Nc4ccccc43)[C@@H]2[N+](=O)[O-])cc1OCC. The van der Waals surface area contributed by atoms with Crippen molar-refractivity contribution in [3.05, 3.63) is 63.7 Å². The van der Waals surface area contributed by atoms with E-state index in [-0.39, 0.29) is 11.0 Å². The second kappa shape index (κ2) is 7.60. The lowest BCUT2D eigenvalue weighted by Crippen LogP contribution is -2.54. The highest BCUT2D eigenvalue weighted by Crippen LogP contribution is 2.50. The third kappa shape index (κ3) is 2.90. The Kier molecular flexibility index (Phi) is 5.11. The zero-order valence-electron chi connectivity index (χ0n) is 17.2.